The average Bonchev–Trinajstić information content (AvgIpc) is 2.82. The summed E-state index contributed by atoms with van der Waals surface area (Å²) in [4.78, 5) is 0. The molecule has 0 saturated carbocycles. The zero-order valence-electron chi connectivity index (χ0n) is 13.4. The third-order valence-corrected chi connectivity index (χ3v) is 3.83. The van der Waals surface area contributed by atoms with Gasteiger partial charge in [0, 0.05) is 25.0 Å². The molecule has 0 aliphatic rings. The number of hydrogen-bond acceptors (Lipinski definition) is 3. The molecule has 0 amide bonds. The largest absolute Gasteiger partial charge is 0.390 e. The number of aliphatic hydroxyl groups is 1. The molecule has 4 heteroatoms. The van der Waals surface area contributed by atoms with E-state index in [1.807, 2.05) is 23.7 Å². The number of para-hydroxylation sites is 1. The Kier molecular flexibility index (Phi) is 5.37. The number of fused-ring (bicyclic) bond motifs is 1. The monoisotopic (exact) mass is 290 g/mol. The standard InChI is InChI=1S/C17H26N2O2/c1-5-19-15-10-8-7-9-13(15)14(18-19)11-16(20)17(12(3)4)21-6-2/h7-10,12,16-17,20H,5-6,11H2,1-4H3. The van der Waals surface area contributed by atoms with E-state index in [1.54, 1.807) is 0 Å². The van der Waals surface area contributed by atoms with Gasteiger partial charge in [-0.05, 0) is 25.8 Å². The maximum atomic E-state index is 10.5. The van der Waals surface area contributed by atoms with Crippen LogP contribution in [0.1, 0.15) is 33.4 Å². The third-order valence-electron chi connectivity index (χ3n) is 3.83. The molecule has 1 heterocycles. The van der Waals surface area contributed by atoms with Crippen LogP contribution in [0.5, 0.6) is 0 Å². The fourth-order valence-corrected chi connectivity index (χ4v) is 2.84. The highest BCUT2D eigenvalue weighted by Gasteiger charge is 2.25. The Balaban J connectivity index is 2.26. The van der Waals surface area contributed by atoms with Gasteiger partial charge in [-0.3, -0.25) is 4.68 Å². The van der Waals surface area contributed by atoms with Crippen molar-refractivity contribution in [3.63, 3.8) is 0 Å². The van der Waals surface area contributed by atoms with Gasteiger partial charge in [0.25, 0.3) is 0 Å². The lowest BCUT2D eigenvalue weighted by atomic mass is 9.97. The number of benzene rings is 1. The van der Waals surface area contributed by atoms with Crippen molar-refractivity contribution in [1.29, 1.82) is 0 Å². The highest BCUT2D eigenvalue weighted by Crippen LogP contribution is 2.22. The molecule has 4 nitrogen and oxygen atoms in total. The smallest absolute Gasteiger partial charge is 0.0860 e. The van der Waals surface area contributed by atoms with Crippen molar-refractivity contribution in [2.75, 3.05) is 6.61 Å². The van der Waals surface area contributed by atoms with Crippen LogP contribution in [0, 0.1) is 5.92 Å². The van der Waals surface area contributed by atoms with Gasteiger partial charge < -0.3 is 9.84 Å². The average molecular weight is 290 g/mol. The molecule has 2 aromatic rings. The zero-order chi connectivity index (χ0) is 15.4. The Morgan fingerprint density at radius 1 is 1.24 bits per heavy atom. The topological polar surface area (TPSA) is 47.3 Å². The van der Waals surface area contributed by atoms with E-state index in [0.29, 0.717) is 13.0 Å². The molecule has 2 atom stereocenters. The van der Waals surface area contributed by atoms with Crippen molar-refractivity contribution in [1.82, 2.24) is 9.78 Å². The number of ether oxygens (including phenoxy) is 1. The molecule has 0 bridgehead atoms. The van der Waals surface area contributed by atoms with Crippen molar-refractivity contribution in [3.05, 3.63) is 30.0 Å². The van der Waals surface area contributed by atoms with Gasteiger partial charge in [0.1, 0.15) is 0 Å². The predicted octanol–water partition coefficient (Wildman–Crippen LogP) is 3.02. The van der Waals surface area contributed by atoms with Gasteiger partial charge in [-0.25, -0.2) is 0 Å². The number of rotatable bonds is 7. The number of aryl methyl sites for hydroxylation is 1. The normalized spacial score (nSPS) is 14.8. The lowest BCUT2D eigenvalue weighted by Crippen LogP contribution is -2.35. The fraction of sp³-hybridized carbons (Fsp3) is 0.588. The van der Waals surface area contributed by atoms with Crippen molar-refractivity contribution >= 4 is 10.9 Å². The molecule has 1 N–H and O–H groups in total. The quantitative estimate of drug-likeness (QED) is 0.852. The SMILES string of the molecule is CCOC(C(C)C)C(O)Cc1nn(CC)c2ccccc12. The van der Waals surface area contributed by atoms with Crippen LogP contribution in [0.2, 0.25) is 0 Å². The molecule has 0 spiro atoms. The number of hydrogen-bond donors (Lipinski definition) is 1. The first-order valence-corrected chi connectivity index (χ1v) is 7.82. The third kappa shape index (κ3) is 3.44. The van der Waals surface area contributed by atoms with E-state index in [0.717, 1.165) is 23.1 Å². The Labute approximate surface area is 126 Å². The van der Waals surface area contributed by atoms with E-state index in [-0.39, 0.29) is 12.0 Å². The summed E-state index contributed by atoms with van der Waals surface area (Å²) in [5.41, 5.74) is 2.07. The van der Waals surface area contributed by atoms with Crippen LogP contribution in [0.4, 0.5) is 0 Å². The van der Waals surface area contributed by atoms with Crippen molar-refractivity contribution in [2.45, 2.75) is 52.9 Å². The lowest BCUT2D eigenvalue weighted by Gasteiger charge is -2.25. The highest BCUT2D eigenvalue weighted by atomic mass is 16.5. The van der Waals surface area contributed by atoms with Crippen molar-refractivity contribution < 1.29 is 9.84 Å². The van der Waals surface area contributed by atoms with E-state index < -0.39 is 6.10 Å². The van der Waals surface area contributed by atoms with Crippen LogP contribution in [0.25, 0.3) is 10.9 Å². The van der Waals surface area contributed by atoms with Gasteiger partial charge in [-0.1, -0.05) is 32.0 Å². The Morgan fingerprint density at radius 2 is 1.95 bits per heavy atom. The molecule has 0 saturated heterocycles. The molecule has 1 aromatic heterocycles. The van der Waals surface area contributed by atoms with Gasteiger partial charge in [0.15, 0.2) is 0 Å². The molecule has 0 radical (unpaired) electrons. The van der Waals surface area contributed by atoms with Gasteiger partial charge in [0.2, 0.25) is 0 Å². The van der Waals surface area contributed by atoms with E-state index in [1.165, 1.54) is 0 Å². The van der Waals surface area contributed by atoms with E-state index in [2.05, 4.69) is 38.0 Å². The lowest BCUT2D eigenvalue weighted by molar-refractivity contribution is -0.0564. The summed E-state index contributed by atoms with van der Waals surface area (Å²) >= 11 is 0. The molecule has 21 heavy (non-hydrogen) atoms. The molecule has 0 aliphatic carbocycles. The van der Waals surface area contributed by atoms with Crippen molar-refractivity contribution in [2.24, 2.45) is 5.92 Å². The van der Waals surface area contributed by atoms with Crippen LogP contribution < -0.4 is 0 Å². The summed E-state index contributed by atoms with van der Waals surface area (Å²) in [6.07, 6.45) is -0.162. The molecular formula is C17H26N2O2. The van der Waals surface area contributed by atoms with Crippen LogP contribution in [0.15, 0.2) is 24.3 Å². The summed E-state index contributed by atoms with van der Waals surface area (Å²) in [5.74, 6) is 0.277. The van der Waals surface area contributed by atoms with E-state index in [4.69, 9.17) is 4.74 Å². The first-order chi connectivity index (χ1) is 10.1. The van der Waals surface area contributed by atoms with E-state index >= 15 is 0 Å². The second-order valence-electron chi connectivity index (χ2n) is 5.72. The predicted molar refractivity (Wildman–Crippen MR) is 85.4 cm³/mol. The first-order valence-electron chi connectivity index (χ1n) is 7.82. The van der Waals surface area contributed by atoms with Gasteiger partial charge in [-0.15, -0.1) is 0 Å². The molecule has 2 unspecified atom stereocenters. The summed E-state index contributed by atoms with van der Waals surface area (Å²) in [6.45, 7) is 9.64. The number of aromatic nitrogens is 2. The van der Waals surface area contributed by atoms with E-state index in [9.17, 15) is 5.11 Å². The first kappa shape index (κ1) is 16.0. The van der Waals surface area contributed by atoms with Crippen LogP contribution in [-0.2, 0) is 17.7 Å². The second kappa shape index (κ2) is 7.05. The van der Waals surface area contributed by atoms with Crippen LogP contribution in [0.3, 0.4) is 0 Å². The van der Waals surface area contributed by atoms with Gasteiger partial charge >= 0.3 is 0 Å². The Hall–Kier alpha value is -1.39. The number of nitrogens with zero attached hydrogens (tertiary/aromatic N) is 2. The van der Waals surface area contributed by atoms with Gasteiger partial charge in [-0.2, -0.15) is 5.10 Å². The Morgan fingerprint density at radius 3 is 2.57 bits per heavy atom. The second-order valence-corrected chi connectivity index (χ2v) is 5.72. The summed E-state index contributed by atoms with van der Waals surface area (Å²) in [7, 11) is 0. The summed E-state index contributed by atoms with van der Waals surface area (Å²) < 4.78 is 7.69. The summed E-state index contributed by atoms with van der Waals surface area (Å²) in [5, 5.41) is 16.3. The number of aliphatic hydroxyl groups excluding tert-OH is 1. The molecular weight excluding hydrogens is 264 g/mol. The maximum absolute atomic E-state index is 10.5. The maximum Gasteiger partial charge on any atom is 0.0860 e. The van der Waals surface area contributed by atoms with Gasteiger partial charge in [0.05, 0.1) is 23.4 Å². The minimum Gasteiger partial charge on any atom is -0.390 e. The highest BCUT2D eigenvalue weighted by molar-refractivity contribution is 5.82. The molecule has 2 rings (SSSR count). The Bertz CT molecular complexity index is 577. The zero-order valence-corrected chi connectivity index (χ0v) is 13.4. The minimum absolute atomic E-state index is 0.152. The molecule has 1 aromatic carbocycles. The van der Waals surface area contributed by atoms with Crippen LogP contribution >= 0.6 is 0 Å². The molecule has 0 aliphatic heterocycles. The minimum atomic E-state index is -0.534. The fourth-order valence-electron chi connectivity index (χ4n) is 2.84. The molecule has 116 valence electrons. The summed E-state index contributed by atoms with van der Waals surface area (Å²) in [6, 6.07) is 8.18. The van der Waals surface area contributed by atoms with Crippen molar-refractivity contribution in [3.8, 4) is 0 Å². The van der Waals surface area contributed by atoms with Crippen LogP contribution in [-0.4, -0.2) is 33.7 Å². The molecule has 0 fully saturated rings.